The molecule has 0 atom stereocenters. The first-order valence-electron chi connectivity index (χ1n) is 8.77. The topological polar surface area (TPSA) is 89.5 Å². The van der Waals surface area contributed by atoms with Crippen molar-refractivity contribution in [2.45, 2.75) is 6.42 Å². The van der Waals surface area contributed by atoms with Gasteiger partial charge in [0.2, 0.25) is 5.91 Å². The van der Waals surface area contributed by atoms with Crippen LogP contribution in [0.25, 0.3) is 0 Å². The summed E-state index contributed by atoms with van der Waals surface area (Å²) in [6.07, 6.45) is 1.75. The maximum Gasteiger partial charge on any atom is 0.257 e. The van der Waals surface area contributed by atoms with Crippen LogP contribution in [0.1, 0.15) is 15.9 Å². The zero-order chi connectivity index (χ0) is 20.2. The summed E-state index contributed by atoms with van der Waals surface area (Å²) in [5, 5.41) is 8.24. The summed E-state index contributed by atoms with van der Waals surface area (Å²) in [7, 11) is 0. The normalized spacial score (nSPS) is 12.3. The fourth-order valence-electron chi connectivity index (χ4n) is 2.82. The molecule has 29 heavy (non-hydrogen) atoms. The van der Waals surface area contributed by atoms with Gasteiger partial charge in [0.05, 0.1) is 11.4 Å². The Morgan fingerprint density at radius 2 is 1.90 bits per heavy atom. The lowest BCUT2D eigenvalue weighted by Crippen LogP contribution is -2.17. The van der Waals surface area contributed by atoms with E-state index in [1.165, 1.54) is 11.3 Å². The van der Waals surface area contributed by atoms with Crippen molar-refractivity contribution < 1.29 is 19.1 Å². The maximum absolute atomic E-state index is 12.4. The van der Waals surface area contributed by atoms with Crippen LogP contribution in [0, 0.1) is 0 Å². The molecule has 0 saturated heterocycles. The number of aromatic nitrogens is 1. The van der Waals surface area contributed by atoms with Crippen molar-refractivity contribution in [2.24, 2.45) is 0 Å². The van der Waals surface area contributed by atoms with Gasteiger partial charge >= 0.3 is 0 Å². The number of rotatable bonds is 5. The van der Waals surface area contributed by atoms with Gasteiger partial charge in [-0.15, -0.1) is 11.3 Å². The predicted octanol–water partition coefficient (Wildman–Crippen LogP) is 4.00. The smallest absolute Gasteiger partial charge is 0.257 e. The Balaban J connectivity index is 1.37. The Hall–Kier alpha value is -3.10. The van der Waals surface area contributed by atoms with Crippen LogP contribution >= 0.6 is 22.9 Å². The van der Waals surface area contributed by atoms with E-state index >= 15 is 0 Å². The van der Waals surface area contributed by atoms with Gasteiger partial charge in [0.15, 0.2) is 16.6 Å². The van der Waals surface area contributed by atoms with Gasteiger partial charge in [0.1, 0.15) is 13.2 Å². The van der Waals surface area contributed by atoms with Gasteiger partial charge in [0.25, 0.3) is 5.91 Å². The van der Waals surface area contributed by atoms with E-state index < -0.39 is 0 Å². The number of halogens is 1. The van der Waals surface area contributed by atoms with Gasteiger partial charge in [-0.25, -0.2) is 4.98 Å². The first-order valence-corrected chi connectivity index (χ1v) is 10.0. The van der Waals surface area contributed by atoms with E-state index in [4.69, 9.17) is 21.1 Å². The maximum atomic E-state index is 12.4. The summed E-state index contributed by atoms with van der Waals surface area (Å²) >= 11 is 7.55. The average Bonchev–Trinajstić information content (AvgIpc) is 3.21. The lowest BCUT2D eigenvalue weighted by atomic mass is 10.1. The summed E-state index contributed by atoms with van der Waals surface area (Å²) in [6, 6.07) is 10.1. The van der Waals surface area contributed by atoms with E-state index in [2.05, 4.69) is 15.6 Å². The molecule has 0 aliphatic carbocycles. The Bertz CT molecular complexity index is 1040. The van der Waals surface area contributed by atoms with Crippen molar-refractivity contribution in [1.82, 2.24) is 4.98 Å². The molecule has 1 aromatic heterocycles. The standard InChI is InChI=1S/C20H16ClN3O4S/c21-15-9-12(10-16-18(15)28-7-6-27-16)11-17(25)23-14-3-1-13(2-4-14)19(26)24-20-22-5-8-29-20/h1-5,8-10H,6-7,11H2,(H,23,25)(H,22,24,26). The first kappa shape index (κ1) is 19.2. The average molecular weight is 430 g/mol. The molecule has 2 heterocycles. The summed E-state index contributed by atoms with van der Waals surface area (Å²) in [4.78, 5) is 28.6. The summed E-state index contributed by atoms with van der Waals surface area (Å²) < 4.78 is 11.0. The highest BCUT2D eigenvalue weighted by Crippen LogP contribution is 2.38. The van der Waals surface area contributed by atoms with Crippen LogP contribution in [-0.2, 0) is 11.2 Å². The molecule has 0 fully saturated rings. The minimum Gasteiger partial charge on any atom is -0.486 e. The third-order valence-corrected chi connectivity index (χ3v) is 5.07. The minimum atomic E-state index is -0.260. The van der Waals surface area contributed by atoms with E-state index in [0.29, 0.717) is 46.1 Å². The molecular weight excluding hydrogens is 414 g/mol. The molecule has 0 spiro atoms. The number of hydrogen-bond donors (Lipinski definition) is 2. The SMILES string of the molecule is O=C(Cc1cc(Cl)c2c(c1)OCCO2)Nc1ccc(C(=O)Nc2nccs2)cc1. The lowest BCUT2D eigenvalue weighted by molar-refractivity contribution is -0.115. The number of carbonyl (C=O) groups excluding carboxylic acids is 2. The summed E-state index contributed by atoms with van der Waals surface area (Å²) in [6.45, 7) is 0.895. The Morgan fingerprint density at radius 1 is 1.10 bits per heavy atom. The molecule has 0 radical (unpaired) electrons. The van der Waals surface area contributed by atoms with Crippen LogP contribution in [0.5, 0.6) is 11.5 Å². The van der Waals surface area contributed by atoms with Crippen molar-refractivity contribution in [3.63, 3.8) is 0 Å². The molecule has 4 rings (SSSR count). The fraction of sp³-hybridized carbons (Fsp3) is 0.150. The number of nitrogens with one attached hydrogen (secondary N) is 2. The molecule has 1 aliphatic heterocycles. The third kappa shape index (κ3) is 4.67. The Kier molecular flexibility index (Phi) is 5.64. The largest absolute Gasteiger partial charge is 0.486 e. The number of carbonyl (C=O) groups is 2. The van der Waals surface area contributed by atoms with Crippen LogP contribution < -0.4 is 20.1 Å². The van der Waals surface area contributed by atoms with Crippen LogP contribution in [-0.4, -0.2) is 30.0 Å². The molecule has 9 heteroatoms. The molecule has 0 unspecified atom stereocenters. The number of ether oxygens (including phenoxy) is 2. The summed E-state index contributed by atoms with van der Waals surface area (Å²) in [5.41, 5.74) is 1.78. The highest BCUT2D eigenvalue weighted by Gasteiger charge is 2.18. The molecular formula is C20H16ClN3O4S. The molecule has 2 amide bonds. The van der Waals surface area contributed by atoms with Crippen molar-refractivity contribution >= 4 is 45.6 Å². The highest BCUT2D eigenvalue weighted by molar-refractivity contribution is 7.13. The molecule has 3 aromatic rings. The predicted molar refractivity (Wildman–Crippen MR) is 111 cm³/mol. The van der Waals surface area contributed by atoms with Crippen LogP contribution in [0.15, 0.2) is 48.0 Å². The molecule has 1 aliphatic rings. The van der Waals surface area contributed by atoms with E-state index in [9.17, 15) is 9.59 Å². The van der Waals surface area contributed by atoms with E-state index in [1.807, 2.05) is 0 Å². The monoisotopic (exact) mass is 429 g/mol. The first-order chi connectivity index (χ1) is 14.1. The number of nitrogens with zero attached hydrogens (tertiary/aromatic N) is 1. The minimum absolute atomic E-state index is 0.128. The van der Waals surface area contributed by atoms with Gasteiger partial charge < -0.3 is 14.8 Å². The number of thiazole rings is 1. The van der Waals surface area contributed by atoms with Gasteiger partial charge in [0, 0.05) is 22.8 Å². The number of hydrogen-bond acceptors (Lipinski definition) is 6. The second-order valence-electron chi connectivity index (χ2n) is 6.20. The van der Waals surface area contributed by atoms with Crippen molar-refractivity contribution in [3.05, 3.63) is 64.1 Å². The molecule has 0 bridgehead atoms. The van der Waals surface area contributed by atoms with E-state index in [-0.39, 0.29) is 18.2 Å². The van der Waals surface area contributed by atoms with Gasteiger partial charge in [-0.2, -0.15) is 0 Å². The van der Waals surface area contributed by atoms with Crippen molar-refractivity contribution in [3.8, 4) is 11.5 Å². The summed E-state index contributed by atoms with van der Waals surface area (Å²) in [5.74, 6) is 0.581. The van der Waals surface area contributed by atoms with E-state index in [0.717, 1.165) is 5.56 Å². The second kappa shape index (κ2) is 8.50. The number of anilines is 2. The molecule has 0 saturated carbocycles. The van der Waals surface area contributed by atoms with Crippen LogP contribution in [0.4, 0.5) is 10.8 Å². The molecule has 2 aromatic carbocycles. The number of amides is 2. The Morgan fingerprint density at radius 3 is 2.66 bits per heavy atom. The Labute approximate surface area is 175 Å². The van der Waals surface area contributed by atoms with Gasteiger partial charge in [-0.3, -0.25) is 14.9 Å². The van der Waals surface area contributed by atoms with Gasteiger partial charge in [-0.05, 0) is 42.0 Å². The van der Waals surface area contributed by atoms with E-state index in [1.54, 1.807) is 48.0 Å². The molecule has 7 nitrogen and oxygen atoms in total. The van der Waals surface area contributed by atoms with Crippen molar-refractivity contribution in [1.29, 1.82) is 0 Å². The van der Waals surface area contributed by atoms with Gasteiger partial charge in [-0.1, -0.05) is 11.6 Å². The van der Waals surface area contributed by atoms with Crippen molar-refractivity contribution in [2.75, 3.05) is 23.8 Å². The quantitative estimate of drug-likeness (QED) is 0.639. The zero-order valence-corrected chi connectivity index (χ0v) is 16.7. The lowest BCUT2D eigenvalue weighted by Gasteiger charge is -2.20. The second-order valence-corrected chi connectivity index (χ2v) is 7.50. The van der Waals surface area contributed by atoms with Crippen LogP contribution in [0.3, 0.4) is 0 Å². The highest BCUT2D eigenvalue weighted by atomic mass is 35.5. The zero-order valence-electron chi connectivity index (χ0n) is 15.1. The molecule has 2 N–H and O–H groups in total. The number of fused-ring (bicyclic) bond motifs is 1. The number of benzene rings is 2. The fourth-order valence-corrected chi connectivity index (χ4v) is 3.63. The van der Waals surface area contributed by atoms with Crippen LogP contribution in [0.2, 0.25) is 5.02 Å². The molecule has 148 valence electrons. The third-order valence-electron chi connectivity index (χ3n) is 4.10.